The number of carbonyl (C=O) groups excluding carboxylic acids is 1. The molecule has 2 rings (SSSR count). The van der Waals surface area contributed by atoms with Crippen LogP contribution in [0.1, 0.15) is 15.9 Å². The first-order valence-corrected chi connectivity index (χ1v) is 7.41. The fourth-order valence-corrected chi connectivity index (χ4v) is 2.08. The number of benzene rings is 2. The molecule has 0 spiro atoms. The number of nitrogens with zero attached hydrogens (tertiary/aromatic N) is 2. The van der Waals surface area contributed by atoms with Gasteiger partial charge in [0.1, 0.15) is 7.11 Å². The maximum Gasteiger partial charge on any atom is 0.251 e. The van der Waals surface area contributed by atoms with Crippen molar-refractivity contribution in [3.8, 4) is 0 Å². The minimum Gasteiger partial charge on any atom is -0.399 e. The molecule has 0 aliphatic rings. The van der Waals surface area contributed by atoms with Gasteiger partial charge in [-0.05, 0) is 29.8 Å². The molecule has 5 nitrogen and oxygen atoms in total. The Labute approximate surface area is 136 Å². The van der Waals surface area contributed by atoms with Gasteiger partial charge in [-0.3, -0.25) is 4.79 Å². The van der Waals surface area contributed by atoms with Crippen LogP contribution in [-0.4, -0.2) is 39.4 Å². The average molecular weight is 311 g/mol. The van der Waals surface area contributed by atoms with E-state index in [0.717, 1.165) is 17.8 Å². The van der Waals surface area contributed by atoms with Crippen LogP contribution in [0.2, 0.25) is 0 Å². The highest BCUT2D eigenvalue weighted by Gasteiger charge is 2.05. The summed E-state index contributed by atoms with van der Waals surface area (Å²) >= 11 is 0. The molecule has 0 saturated heterocycles. The number of likely N-dealkylation sites (N-methyl/N-ethyl adjacent to an activating group) is 1. The first-order valence-electron chi connectivity index (χ1n) is 7.41. The number of anilines is 1. The maximum absolute atomic E-state index is 12.1. The van der Waals surface area contributed by atoms with E-state index in [1.807, 2.05) is 49.5 Å². The van der Waals surface area contributed by atoms with Crippen LogP contribution in [0.25, 0.3) is 0 Å². The van der Waals surface area contributed by atoms with Crippen molar-refractivity contribution in [2.45, 2.75) is 0 Å². The fourth-order valence-electron chi connectivity index (χ4n) is 2.08. The molecule has 0 saturated carbocycles. The van der Waals surface area contributed by atoms with Gasteiger partial charge in [0.05, 0.1) is 6.21 Å². The lowest BCUT2D eigenvalue weighted by Crippen LogP contribution is -2.32. The van der Waals surface area contributed by atoms with Gasteiger partial charge in [0, 0.05) is 31.4 Å². The molecular formula is C18H21N3O2. The Balaban J connectivity index is 1.81. The number of rotatable bonds is 7. The van der Waals surface area contributed by atoms with Crippen LogP contribution in [-0.2, 0) is 4.84 Å². The third kappa shape index (κ3) is 5.14. The number of hydrogen-bond acceptors (Lipinski definition) is 4. The van der Waals surface area contributed by atoms with E-state index in [1.54, 1.807) is 18.3 Å². The van der Waals surface area contributed by atoms with E-state index < -0.39 is 0 Å². The molecule has 0 fully saturated rings. The molecule has 0 aliphatic heterocycles. The van der Waals surface area contributed by atoms with E-state index >= 15 is 0 Å². The molecule has 0 aromatic heterocycles. The predicted octanol–water partition coefficient (Wildman–Crippen LogP) is 2.53. The number of oxime groups is 1. The quantitative estimate of drug-likeness (QED) is 0.631. The SMILES string of the molecule is CO/N=C/c1ccc(C(=O)NCCN(C)c2ccccc2)cc1. The highest BCUT2D eigenvalue weighted by atomic mass is 16.6. The van der Waals surface area contributed by atoms with Crippen molar-refractivity contribution in [2.75, 3.05) is 32.1 Å². The Kier molecular flexibility index (Phi) is 6.17. The number of para-hydroxylation sites is 1. The standard InChI is InChI=1S/C18H21N3O2/c1-21(17-6-4-3-5-7-17)13-12-19-18(22)16-10-8-15(9-11-16)14-20-23-2/h3-11,14H,12-13H2,1-2H3,(H,19,22)/b20-14+. The summed E-state index contributed by atoms with van der Waals surface area (Å²) in [4.78, 5) is 18.8. The summed E-state index contributed by atoms with van der Waals surface area (Å²) in [6.45, 7) is 1.32. The van der Waals surface area contributed by atoms with Gasteiger partial charge >= 0.3 is 0 Å². The molecule has 0 heterocycles. The Bertz CT molecular complexity index is 639. The summed E-state index contributed by atoms with van der Waals surface area (Å²) in [5.74, 6) is -0.0818. The second kappa shape index (κ2) is 8.58. The molecule has 0 unspecified atom stereocenters. The Morgan fingerprint density at radius 3 is 2.52 bits per heavy atom. The van der Waals surface area contributed by atoms with Crippen molar-refractivity contribution in [3.05, 3.63) is 65.7 Å². The van der Waals surface area contributed by atoms with Crippen molar-refractivity contribution in [2.24, 2.45) is 5.16 Å². The van der Waals surface area contributed by atoms with Crippen LogP contribution in [0.3, 0.4) is 0 Å². The summed E-state index contributed by atoms with van der Waals surface area (Å²) in [7, 11) is 3.50. The van der Waals surface area contributed by atoms with E-state index in [4.69, 9.17) is 0 Å². The molecule has 0 bridgehead atoms. The lowest BCUT2D eigenvalue weighted by molar-refractivity contribution is 0.0955. The number of hydrogen-bond donors (Lipinski definition) is 1. The van der Waals surface area contributed by atoms with Crippen LogP contribution in [0.4, 0.5) is 5.69 Å². The van der Waals surface area contributed by atoms with Gasteiger partial charge < -0.3 is 15.1 Å². The topological polar surface area (TPSA) is 53.9 Å². The minimum absolute atomic E-state index is 0.0818. The van der Waals surface area contributed by atoms with E-state index in [9.17, 15) is 4.79 Å². The zero-order chi connectivity index (χ0) is 16.5. The van der Waals surface area contributed by atoms with E-state index in [1.165, 1.54) is 7.11 Å². The number of nitrogens with one attached hydrogen (secondary N) is 1. The van der Waals surface area contributed by atoms with Crippen molar-refractivity contribution in [1.29, 1.82) is 0 Å². The van der Waals surface area contributed by atoms with Crippen LogP contribution in [0, 0.1) is 0 Å². The van der Waals surface area contributed by atoms with Crippen LogP contribution in [0.15, 0.2) is 59.8 Å². The Morgan fingerprint density at radius 2 is 1.87 bits per heavy atom. The Morgan fingerprint density at radius 1 is 1.17 bits per heavy atom. The van der Waals surface area contributed by atoms with Gasteiger partial charge in [0.2, 0.25) is 0 Å². The fraction of sp³-hybridized carbons (Fsp3) is 0.222. The molecule has 120 valence electrons. The third-order valence-electron chi connectivity index (χ3n) is 3.41. The van der Waals surface area contributed by atoms with Crippen LogP contribution < -0.4 is 10.2 Å². The highest BCUT2D eigenvalue weighted by Crippen LogP contribution is 2.09. The van der Waals surface area contributed by atoms with Crippen molar-refractivity contribution < 1.29 is 9.63 Å². The molecule has 1 amide bonds. The van der Waals surface area contributed by atoms with E-state index in [-0.39, 0.29) is 5.91 Å². The van der Waals surface area contributed by atoms with Crippen molar-refractivity contribution in [1.82, 2.24) is 5.32 Å². The lowest BCUT2D eigenvalue weighted by atomic mass is 10.1. The minimum atomic E-state index is -0.0818. The molecule has 0 atom stereocenters. The first kappa shape index (κ1) is 16.5. The maximum atomic E-state index is 12.1. The zero-order valence-corrected chi connectivity index (χ0v) is 13.4. The lowest BCUT2D eigenvalue weighted by Gasteiger charge is -2.19. The highest BCUT2D eigenvalue weighted by molar-refractivity contribution is 5.95. The summed E-state index contributed by atoms with van der Waals surface area (Å²) in [6.07, 6.45) is 1.59. The summed E-state index contributed by atoms with van der Waals surface area (Å²) in [5.41, 5.74) is 2.64. The van der Waals surface area contributed by atoms with Crippen molar-refractivity contribution >= 4 is 17.8 Å². The molecule has 2 aromatic carbocycles. The molecule has 23 heavy (non-hydrogen) atoms. The van der Waals surface area contributed by atoms with Gasteiger partial charge in [0.15, 0.2) is 0 Å². The second-order valence-corrected chi connectivity index (χ2v) is 5.05. The first-order chi connectivity index (χ1) is 11.2. The predicted molar refractivity (Wildman–Crippen MR) is 93.1 cm³/mol. The smallest absolute Gasteiger partial charge is 0.251 e. The average Bonchev–Trinajstić information content (AvgIpc) is 2.61. The van der Waals surface area contributed by atoms with Gasteiger partial charge in [-0.25, -0.2) is 0 Å². The van der Waals surface area contributed by atoms with Crippen molar-refractivity contribution in [3.63, 3.8) is 0 Å². The third-order valence-corrected chi connectivity index (χ3v) is 3.41. The second-order valence-electron chi connectivity index (χ2n) is 5.05. The normalized spacial score (nSPS) is 10.5. The number of carbonyl (C=O) groups is 1. The summed E-state index contributed by atoms with van der Waals surface area (Å²) in [5, 5.41) is 6.61. The Hall–Kier alpha value is -2.82. The van der Waals surface area contributed by atoms with Crippen LogP contribution >= 0.6 is 0 Å². The van der Waals surface area contributed by atoms with Gasteiger partial charge in [-0.2, -0.15) is 0 Å². The van der Waals surface area contributed by atoms with E-state index in [0.29, 0.717) is 12.1 Å². The number of amides is 1. The molecule has 2 aromatic rings. The van der Waals surface area contributed by atoms with Gasteiger partial charge in [-0.15, -0.1) is 0 Å². The monoisotopic (exact) mass is 311 g/mol. The largest absolute Gasteiger partial charge is 0.399 e. The molecule has 0 aliphatic carbocycles. The molecular weight excluding hydrogens is 290 g/mol. The zero-order valence-electron chi connectivity index (χ0n) is 13.4. The molecule has 0 radical (unpaired) electrons. The van der Waals surface area contributed by atoms with Crippen LogP contribution in [0.5, 0.6) is 0 Å². The summed E-state index contributed by atoms with van der Waals surface area (Å²) in [6, 6.07) is 17.3. The molecule has 5 heteroatoms. The van der Waals surface area contributed by atoms with Gasteiger partial charge in [-0.1, -0.05) is 35.5 Å². The molecule has 1 N–H and O–H groups in total. The van der Waals surface area contributed by atoms with E-state index in [2.05, 4.69) is 20.2 Å². The van der Waals surface area contributed by atoms with Gasteiger partial charge in [0.25, 0.3) is 5.91 Å². The summed E-state index contributed by atoms with van der Waals surface area (Å²) < 4.78 is 0.